The zero-order valence-corrected chi connectivity index (χ0v) is 14.5. The van der Waals surface area contributed by atoms with Gasteiger partial charge in [0.1, 0.15) is 0 Å². The van der Waals surface area contributed by atoms with Gasteiger partial charge in [-0.25, -0.2) is 9.67 Å². The number of rotatable bonds is 3. The molecule has 4 heterocycles. The molecule has 3 aromatic rings. The van der Waals surface area contributed by atoms with E-state index in [-0.39, 0.29) is 18.0 Å². The van der Waals surface area contributed by atoms with E-state index in [1.54, 1.807) is 24.2 Å². The highest BCUT2D eigenvalue weighted by Crippen LogP contribution is 2.31. The fraction of sp³-hybridized carbons (Fsp3) is 0.471. The number of likely N-dealkylation sites (tertiary alicyclic amines) is 1. The summed E-state index contributed by atoms with van der Waals surface area (Å²) >= 11 is 0. The highest BCUT2D eigenvalue weighted by Gasteiger charge is 2.34. The Balaban J connectivity index is 1.64. The Bertz CT molecular complexity index is 928. The molecule has 0 spiro atoms. The maximum Gasteiger partial charge on any atom is 0.256 e. The molecule has 1 aliphatic rings. The van der Waals surface area contributed by atoms with Crippen LogP contribution in [0.1, 0.15) is 60.8 Å². The molecule has 3 aromatic heterocycles. The molecule has 1 fully saturated rings. The molecule has 0 aliphatic carbocycles. The zero-order valence-electron chi connectivity index (χ0n) is 14.5. The van der Waals surface area contributed by atoms with Crippen molar-refractivity contribution < 1.29 is 9.32 Å². The predicted octanol–water partition coefficient (Wildman–Crippen LogP) is 2.68. The highest BCUT2D eigenvalue weighted by atomic mass is 16.5. The van der Waals surface area contributed by atoms with Gasteiger partial charge in [0, 0.05) is 31.1 Å². The second-order valence-electron chi connectivity index (χ2n) is 6.65. The van der Waals surface area contributed by atoms with Crippen LogP contribution < -0.4 is 0 Å². The third-order valence-electron chi connectivity index (χ3n) is 4.52. The minimum absolute atomic E-state index is 0.0587. The van der Waals surface area contributed by atoms with Gasteiger partial charge in [0.15, 0.2) is 11.5 Å². The number of pyridine rings is 1. The molecule has 4 rings (SSSR count). The number of nitrogens with zero attached hydrogens (tertiary/aromatic N) is 6. The number of hydrogen-bond acceptors (Lipinski definition) is 6. The lowest BCUT2D eigenvalue weighted by molar-refractivity contribution is 0.0728. The largest absolute Gasteiger partial charge is 0.340 e. The summed E-state index contributed by atoms with van der Waals surface area (Å²) in [4.78, 5) is 23.6. The third kappa shape index (κ3) is 2.67. The third-order valence-corrected chi connectivity index (χ3v) is 4.52. The second-order valence-corrected chi connectivity index (χ2v) is 6.65. The summed E-state index contributed by atoms with van der Waals surface area (Å²) in [6.45, 7) is 6.53. The first-order chi connectivity index (χ1) is 12.0. The Hall–Kier alpha value is -2.77. The summed E-state index contributed by atoms with van der Waals surface area (Å²) < 4.78 is 6.92. The van der Waals surface area contributed by atoms with Gasteiger partial charge in [0.2, 0.25) is 5.89 Å². The first-order valence-corrected chi connectivity index (χ1v) is 8.49. The van der Waals surface area contributed by atoms with Crippen LogP contribution in [-0.4, -0.2) is 42.3 Å². The number of carbonyl (C=O) groups excluding carboxylic acids is 1. The first-order valence-electron chi connectivity index (χ1n) is 8.49. The van der Waals surface area contributed by atoms with Crippen LogP contribution in [0.25, 0.3) is 11.0 Å². The van der Waals surface area contributed by atoms with Crippen LogP contribution >= 0.6 is 0 Å². The number of fused-ring (bicyclic) bond motifs is 1. The molecule has 1 amide bonds. The van der Waals surface area contributed by atoms with Gasteiger partial charge in [-0.05, 0) is 32.8 Å². The second kappa shape index (κ2) is 5.94. The van der Waals surface area contributed by atoms with Crippen LogP contribution in [0.2, 0.25) is 0 Å². The summed E-state index contributed by atoms with van der Waals surface area (Å²) in [7, 11) is 0. The van der Waals surface area contributed by atoms with Crippen molar-refractivity contribution in [2.75, 3.05) is 6.54 Å². The number of aryl methyl sites for hydroxylation is 1. The lowest BCUT2D eigenvalue weighted by Gasteiger charge is -2.22. The van der Waals surface area contributed by atoms with Crippen molar-refractivity contribution >= 4 is 16.9 Å². The van der Waals surface area contributed by atoms with Crippen molar-refractivity contribution in [2.24, 2.45) is 0 Å². The fourth-order valence-corrected chi connectivity index (χ4v) is 3.33. The predicted molar refractivity (Wildman–Crippen MR) is 90.0 cm³/mol. The van der Waals surface area contributed by atoms with Crippen LogP contribution in [0, 0.1) is 6.92 Å². The Labute approximate surface area is 144 Å². The summed E-state index contributed by atoms with van der Waals surface area (Å²) in [6.07, 6.45) is 5.14. The van der Waals surface area contributed by atoms with E-state index in [1.165, 1.54) is 0 Å². The Morgan fingerprint density at radius 3 is 2.92 bits per heavy atom. The van der Waals surface area contributed by atoms with E-state index in [4.69, 9.17) is 4.52 Å². The standard InChI is InChI=1S/C17H20N6O2/c1-10(2)23-16-12(9-19-23)7-13(8-18-16)17(24)22-6-4-5-14(22)15-20-11(3)25-21-15/h7-10,14H,4-6H2,1-3H3/t14-/m1/s1. The van der Waals surface area contributed by atoms with Gasteiger partial charge in [0.25, 0.3) is 5.91 Å². The summed E-state index contributed by atoms with van der Waals surface area (Å²) in [5.41, 5.74) is 1.35. The molecule has 1 atom stereocenters. The number of hydrogen-bond donors (Lipinski definition) is 0. The molecule has 1 saturated heterocycles. The summed E-state index contributed by atoms with van der Waals surface area (Å²) in [6, 6.07) is 1.93. The molecule has 0 bridgehead atoms. The normalized spacial score (nSPS) is 17.8. The van der Waals surface area contributed by atoms with Crippen molar-refractivity contribution in [1.29, 1.82) is 0 Å². The van der Waals surface area contributed by atoms with Crippen molar-refractivity contribution in [3.8, 4) is 0 Å². The summed E-state index contributed by atoms with van der Waals surface area (Å²) in [5, 5.41) is 9.21. The van der Waals surface area contributed by atoms with E-state index in [9.17, 15) is 4.79 Å². The van der Waals surface area contributed by atoms with Crippen molar-refractivity contribution in [2.45, 2.75) is 45.7 Å². The average molecular weight is 340 g/mol. The molecule has 8 nitrogen and oxygen atoms in total. The molecule has 130 valence electrons. The molecule has 1 aliphatic heterocycles. The van der Waals surface area contributed by atoms with Crippen molar-refractivity contribution in [1.82, 2.24) is 29.8 Å². The van der Waals surface area contributed by atoms with Crippen LogP contribution in [-0.2, 0) is 0 Å². The highest BCUT2D eigenvalue weighted by molar-refractivity contribution is 5.97. The molecule has 0 unspecified atom stereocenters. The minimum Gasteiger partial charge on any atom is -0.340 e. The van der Waals surface area contributed by atoms with Gasteiger partial charge in [-0.3, -0.25) is 4.79 Å². The van der Waals surface area contributed by atoms with Crippen molar-refractivity contribution in [3.63, 3.8) is 0 Å². The van der Waals surface area contributed by atoms with Gasteiger partial charge in [-0.15, -0.1) is 0 Å². The summed E-state index contributed by atoms with van der Waals surface area (Å²) in [5.74, 6) is 1.03. The van der Waals surface area contributed by atoms with Gasteiger partial charge in [-0.2, -0.15) is 10.1 Å². The molecule has 0 N–H and O–H groups in total. The average Bonchev–Trinajstić information content (AvgIpc) is 3.31. The molecule has 25 heavy (non-hydrogen) atoms. The minimum atomic E-state index is -0.140. The lowest BCUT2D eigenvalue weighted by atomic mass is 10.1. The Kier molecular flexibility index (Phi) is 3.74. The lowest BCUT2D eigenvalue weighted by Crippen LogP contribution is -2.31. The smallest absolute Gasteiger partial charge is 0.256 e. The van der Waals surface area contributed by atoms with E-state index in [0.717, 1.165) is 23.9 Å². The number of carbonyl (C=O) groups is 1. The first kappa shape index (κ1) is 15.7. The number of aromatic nitrogens is 5. The maximum atomic E-state index is 13.0. The van der Waals surface area contributed by atoms with E-state index in [0.29, 0.717) is 23.8 Å². The molecule has 0 saturated carbocycles. The Morgan fingerprint density at radius 2 is 2.20 bits per heavy atom. The van der Waals surface area contributed by atoms with Crippen molar-refractivity contribution in [3.05, 3.63) is 35.7 Å². The Morgan fingerprint density at radius 1 is 1.36 bits per heavy atom. The van der Waals surface area contributed by atoms with E-state index < -0.39 is 0 Å². The SMILES string of the molecule is Cc1nc([C@H]2CCCN2C(=O)c2cnc3c(cnn3C(C)C)c2)no1. The molecular formula is C17H20N6O2. The molecular weight excluding hydrogens is 320 g/mol. The van der Waals surface area contributed by atoms with Crippen LogP contribution in [0.5, 0.6) is 0 Å². The van der Waals surface area contributed by atoms with Gasteiger partial charge >= 0.3 is 0 Å². The molecule has 0 radical (unpaired) electrons. The van der Waals surface area contributed by atoms with Crippen LogP contribution in [0.3, 0.4) is 0 Å². The maximum absolute atomic E-state index is 13.0. The fourth-order valence-electron chi connectivity index (χ4n) is 3.33. The van der Waals surface area contributed by atoms with Crippen LogP contribution in [0.4, 0.5) is 0 Å². The molecule has 8 heteroatoms. The molecule has 0 aromatic carbocycles. The monoisotopic (exact) mass is 340 g/mol. The quantitative estimate of drug-likeness (QED) is 0.728. The van der Waals surface area contributed by atoms with E-state index >= 15 is 0 Å². The van der Waals surface area contributed by atoms with Crippen LogP contribution in [0.15, 0.2) is 23.0 Å². The zero-order chi connectivity index (χ0) is 17.6. The van der Waals surface area contributed by atoms with E-state index in [1.807, 2.05) is 10.7 Å². The van der Waals surface area contributed by atoms with Gasteiger partial charge in [-0.1, -0.05) is 5.16 Å². The van der Waals surface area contributed by atoms with Gasteiger partial charge < -0.3 is 9.42 Å². The topological polar surface area (TPSA) is 89.9 Å². The number of amides is 1. The van der Waals surface area contributed by atoms with Gasteiger partial charge in [0.05, 0.1) is 17.8 Å². The van der Waals surface area contributed by atoms with E-state index in [2.05, 4.69) is 34.1 Å².